The highest BCUT2D eigenvalue weighted by molar-refractivity contribution is 5.86. The van der Waals surface area contributed by atoms with Crippen LogP contribution in [0, 0.1) is 0 Å². The molecule has 0 heterocycles. The normalized spacial score (nSPS) is 12.0. The van der Waals surface area contributed by atoms with Crippen molar-refractivity contribution in [3.8, 4) is 5.75 Å². The molecule has 0 aromatic heterocycles. The third kappa shape index (κ3) is 7.75. The first-order valence-electron chi connectivity index (χ1n) is 7.49. The SMILES string of the molecule is CN=C(NCC(=O)NC(C)(C)C)NCc1ccccc1OC(F)F. The molecule has 3 N–H and O–H groups in total. The van der Waals surface area contributed by atoms with Crippen LogP contribution in [0.3, 0.4) is 0 Å². The number of benzene rings is 1. The molecule has 1 aromatic rings. The quantitative estimate of drug-likeness (QED) is 0.545. The topological polar surface area (TPSA) is 74.8 Å². The number of ether oxygens (including phenoxy) is 1. The summed E-state index contributed by atoms with van der Waals surface area (Å²) in [6, 6.07) is 6.48. The Hall–Kier alpha value is -2.38. The maximum Gasteiger partial charge on any atom is 0.387 e. The predicted molar refractivity (Wildman–Crippen MR) is 89.2 cm³/mol. The second-order valence-electron chi connectivity index (χ2n) is 6.06. The zero-order valence-corrected chi connectivity index (χ0v) is 14.3. The summed E-state index contributed by atoms with van der Waals surface area (Å²) in [6.07, 6.45) is 0. The van der Waals surface area contributed by atoms with Gasteiger partial charge in [0.15, 0.2) is 5.96 Å². The molecule has 0 fully saturated rings. The number of hydrogen-bond acceptors (Lipinski definition) is 3. The number of hydrogen-bond donors (Lipinski definition) is 3. The van der Waals surface area contributed by atoms with E-state index in [4.69, 9.17) is 0 Å². The summed E-state index contributed by atoms with van der Waals surface area (Å²) in [6.45, 7) is 3.05. The summed E-state index contributed by atoms with van der Waals surface area (Å²) in [5.41, 5.74) is 0.237. The summed E-state index contributed by atoms with van der Waals surface area (Å²) >= 11 is 0. The van der Waals surface area contributed by atoms with Crippen LogP contribution in [0.4, 0.5) is 8.78 Å². The molecule has 1 amide bonds. The molecule has 0 saturated heterocycles. The Balaban J connectivity index is 2.55. The van der Waals surface area contributed by atoms with Gasteiger partial charge in [-0.25, -0.2) is 0 Å². The van der Waals surface area contributed by atoms with E-state index in [-0.39, 0.29) is 30.3 Å². The van der Waals surface area contributed by atoms with Crippen LogP contribution < -0.4 is 20.7 Å². The lowest BCUT2D eigenvalue weighted by atomic mass is 10.1. The molecule has 6 nitrogen and oxygen atoms in total. The predicted octanol–water partition coefficient (Wildman–Crippen LogP) is 1.87. The molecule has 1 rings (SSSR count). The van der Waals surface area contributed by atoms with Crippen LogP contribution in [0.5, 0.6) is 5.75 Å². The molecule has 0 unspecified atom stereocenters. The summed E-state index contributed by atoms with van der Waals surface area (Å²) in [5, 5.41) is 8.63. The molecule has 24 heavy (non-hydrogen) atoms. The molecule has 0 spiro atoms. The van der Waals surface area contributed by atoms with E-state index in [1.54, 1.807) is 25.2 Å². The van der Waals surface area contributed by atoms with Gasteiger partial charge in [-0.3, -0.25) is 9.79 Å². The molecule has 1 aromatic carbocycles. The van der Waals surface area contributed by atoms with Crippen LogP contribution in [0.15, 0.2) is 29.3 Å². The van der Waals surface area contributed by atoms with Crippen molar-refractivity contribution in [2.45, 2.75) is 39.5 Å². The fourth-order valence-corrected chi connectivity index (χ4v) is 1.89. The number of carbonyl (C=O) groups excluding carboxylic acids is 1. The number of halogens is 2. The zero-order chi connectivity index (χ0) is 18.2. The monoisotopic (exact) mass is 342 g/mol. The molecule has 8 heteroatoms. The standard InChI is InChI=1S/C16H24F2N4O2/c1-16(2,3)22-13(23)10-21-15(19-4)20-9-11-7-5-6-8-12(11)24-14(17)18/h5-8,14H,9-10H2,1-4H3,(H,22,23)(H2,19,20,21). The molecular weight excluding hydrogens is 318 g/mol. The largest absolute Gasteiger partial charge is 0.434 e. The first-order valence-corrected chi connectivity index (χ1v) is 7.49. The number of guanidine groups is 1. The number of rotatable bonds is 6. The lowest BCUT2D eigenvalue weighted by Crippen LogP contribution is -2.48. The third-order valence-electron chi connectivity index (χ3n) is 2.79. The number of para-hydroxylation sites is 1. The Kier molecular flexibility index (Phi) is 7.41. The van der Waals surface area contributed by atoms with Crippen molar-refractivity contribution in [3.63, 3.8) is 0 Å². The van der Waals surface area contributed by atoms with E-state index in [0.717, 1.165) is 0 Å². The molecule has 0 bridgehead atoms. The first-order chi connectivity index (χ1) is 11.2. The lowest BCUT2D eigenvalue weighted by molar-refractivity contribution is -0.121. The fourth-order valence-electron chi connectivity index (χ4n) is 1.89. The number of alkyl halides is 2. The third-order valence-corrected chi connectivity index (χ3v) is 2.79. The van der Waals surface area contributed by atoms with E-state index in [0.29, 0.717) is 11.5 Å². The van der Waals surface area contributed by atoms with E-state index in [1.807, 2.05) is 20.8 Å². The maximum atomic E-state index is 12.4. The van der Waals surface area contributed by atoms with E-state index in [9.17, 15) is 13.6 Å². The van der Waals surface area contributed by atoms with Crippen molar-refractivity contribution in [3.05, 3.63) is 29.8 Å². The van der Waals surface area contributed by atoms with E-state index < -0.39 is 6.61 Å². The van der Waals surface area contributed by atoms with Crippen LogP contribution in [-0.2, 0) is 11.3 Å². The number of aliphatic imine (C=N–C) groups is 1. The van der Waals surface area contributed by atoms with Gasteiger partial charge in [0.1, 0.15) is 5.75 Å². The van der Waals surface area contributed by atoms with Gasteiger partial charge in [-0.15, -0.1) is 0 Å². The Bertz CT molecular complexity index is 571. The second kappa shape index (κ2) is 9.05. The van der Waals surface area contributed by atoms with Crippen LogP contribution in [0.1, 0.15) is 26.3 Å². The van der Waals surface area contributed by atoms with Crippen LogP contribution in [0.2, 0.25) is 0 Å². The van der Waals surface area contributed by atoms with Crippen LogP contribution >= 0.6 is 0 Å². The van der Waals surface area contributed by atoms with Crippen LogP contribution in [-0.4, -0.2) is 37.6 Å². The van der Waals surface area contributed by atoms with E-state index >= 15 is 0 Å². The Morgan fingerprint density at radius 1 is 1.25 bits per heavy atom. The van der Waals surface area contributed by atoms with Crippen molar-refractivity contribution >= 4 is 11.9 Å². The molecule has 0 radical (unpaired) electrons. The average Bonchev–Trinajstić information content (AvgIpc) is 2.46. The minimum absolute atomic E-state index is 0.0477. The molecule has 0 aliphatic carbocycles. The van der Waals surface area contributed by atoms with Crippen LogP contribution in [0.25, 0.3) is 0 Å². The van der Waals surface area contributed by atoms with Gasteiger partial charge in [-0.1, -0.05) is 18.2 Å². The fraction of sp³-hybridized carbons (Fsp3) is 0.500. The zero-order valence-electron chi connectivity index (χ0n) is 14.3. The first kappa shape index (κ1) is 19.7. The highest BCUT2D eigenvalue weighted by Gasteiger charge is 2.14. The Morgan fingerprint density at radius 2 is 1.92 bits per heavy atom. The molecule has 0 atom stereocenters. The molecular formula is C16H24F2N4O2. The Labute approximate surface area is 140 Å². The van der Waals surface area contributed by atoms with Crippen molar-refractivity contribution in [1.29, 1.82) is 0 Å². The van der Waals surface area contributed by atoms with Gasteiger partial charge in [0, 0.05) is 24.7 Å². The summed E-state index contributed by atoms with van der Waals surface area (Å²) in [5.74, 6) is 0.304. The van der Waals surface area contributed by atoms with E-state index in [1.165, 1.54) is 6.07 Å². The van der Waals surface area contributed by atoms with Crippen molar-refractivity contribution in [1.82, 2.24) is 16.0 Å². The molecule has 0 aliphatic rings. The summed E-state index contributed by atoms with van der Waals surface area (Å²) < 4.78 is 29.2. The molecule has 0 saturated carbocycles. The molecule has 134 valence electrons. The number of carbonyl (C=O) groups is 1. The number of nitrogens with zero attached hydrogens (tertiary/aromatic N) is 1. The van der Waals surface area contributed by atoms with Gasteiger partial charge in [-0.2, -0.15) is 8.78 Å². The van der Waals surface area contributed by atoms with Gasteiger partial charge in [0.05, 0.1) is 6.54 Å². The smallest absolute Gasteiger partial charge is 0.387 e. The minimum atomic E-state index is -2.88. The van der Waals surface area contributed by atoms with Crippen molar-refractivity contribution < 1.29 is 18.3 Å². The number of amides is 1. The highest BCUT2D eigenvalue weighted by atomic mass is 19.3. The van der Waals surface area contributed by atoms with Gasteiger partial charge in [0.2, 0.25) is 5.91 Å². The average molecular weight is 342 g/mol. The molecule has 0 aliphatic heterocycles. The Morgan fingerprint density at radius 3 is 2.50 bits per heavy atom. The van der Waals surface area contributed by atoms with Crippen molar-refractivity contribution in [2.75, 3.05) is 13.6 Å². The van der Waals surface area contributed by atoms with Gasteiger partial charge in [0.25, 0.3) is 0 Å². The number of nitrogens with one attached hydrogen (secondary N) is 3. The van der Waals surface area contributed by atoms with Gasteiger partial charge < -0.3 is 20.7 Å². The highest BCUT2D eigenvalue weighted by Crippen LogP contribution is 2.19. The lowest BCUT2D eigenvalue weighted by Gasteiger charge is -2.21. The van der Waals surface area contributed by atoms with Gasteiger partial charge >= 0.3 is 6.61 Å². The minimum Gasteiger partial charge on any atom is -0.434 e. The summed E-state index contributed by atoms with van der Waals surface area (Å²) in [7, 11) is 1.55. The van der Waals surface area contributed by atoms with E-state index in [2.05, 4.69) is 25.7 Å². The summed E-state index contributed by atoms with van der Waals surface area (Å²) in [4.78, 5) is 15.8. The van der Waals surface area contributed by atoms with Gasteiger partial charge in [-0.05, 0) is 26.8 Å². The van der Waals surface area contributed by atoms with Crippen molar-refractivity contribution in [2.24, 2.45) is 4.99 Å². The second-order valence-corrected chi connectivity index (χ2v) is 6.06. The maximum absolute atomic E-state index is 12.4.